The Morgan fingerprint density at radius 1 is 1.10 bits per heavy atom. The summed E-state index contributed by atoms with van der Waals surface area (Å²) in [5.74, 6) is 0.265. The van der Waals surface area contributed by atoms with Crippen molar-refractivity contribution in [1.82, 2.24) is 14.9 Å². The summed E-state index contributed by atoms with van der Waals surface area (Å²) in [4.78, 5) is 21.9. The van der Waals surface area contributed by atoms with Gasteiger partial charge in [0.05, 0.1) is 16.8 Å². The number of nitrogens with zero attached hydrogens (tertiary/aromatic N) is 2. The highest BCUT2D eigenvalue weighted by molar-refractivity contribution is 6.35. The lowest BCUT2D eigenvalue weighted by Crippen LogP contribution is -2.35. The van der Waals surface area contributed by atoms with Crippen LogP contribution in [0.15, 0.2) is 47.3 Å². The van der Waals surface area contributed by atoms with Crippen LogP contribution >= 0.6 is 23.2 Å². The molecule has 1 aliphatic heterocycles. The summed E-state index contributed by atoms with van der Waals surface area (Å²) in [6, 6.07) is 9.89. The molecule has 0 saturated heterocycles. The zero-order chi connectivity index (χ0) is 21.5. The number of rotatable bonds is 3. The van der Waals surface area contributed by atoms with Gasteiger partial charge in [-0.3, -0.25) is 9.69 Å². The lowest BCUT2D eigenvalue weighted by molar-refractivity contribution is -0.137. The first kappa shape index (κ1) is 20.9. The number of aromatic amines is 1. The molecule has 0 atom stereocenters. The van der Waals surface area contributed by atoms with E-state index in [1.807, 2.05) is 6.07 Å². The molecule has 0 bridgehead atoms. The number of alkyl halides is 3. The van der Waals surface area contributed by atoms with E-state index in [1.165, 1.54) is 12.1 Å². The summed E-state index contributed by atoms with van der Waals surface area (Å²) >= 11 is 12.2. The van der Waals surface area contributed by atoms with E-state index in [0.717, 1.165) is 17.7 Å². The highest BCUT2D eigenvalue weighted by atomic mass is 35.5. The van der Waals surface area contributed by atoms with Crippen LogP contribution in [0.4, 0.5) is 13.2 Å². The van der Waals surface area contributed by atoms with Crippen molar-refractivity contribution < 1.29 is 13.2 Å². The lowest BCUT2D eigenvalue weighted by Gasteiger charge is -2.28. The van der Waals surface area contributed by atoms with E-state index < -0.39 is 11.7 Å². The van der Waals surface area contributed by atoms with Gasteiger partial charge in [0.1, 0.15) is 5.82 Å². The first-order valence-electron chi connectivity index (χ1n) is 9.16. The number of benzene rings is 2. The number of hydrogen-bond donors (Lipinski definition) is 1. The van der Waals surface area contributed by atoms with Crippen LogP contribution in [-0.2, 0) is 25.7 Å². The predicted octanol–water partition coefficient (Wildman–Crippen LogP) is 5.32. The quantitative estimate of drug-likeness (QED) is 0.583. The molecule has 1 N–H and O–H groups in total. The third kappa shape index (κ3) is 4.38. The smallest absolute Gasteiger partial charge is 0.306 e. The average Bonchev–Trinajstić information content (AvgIpc) is 2.70. The van der Waals surface area contributed by atoms with Crippen LogP contribution in [0.5, 0.6) is 0 Å². The van der Waals surface area contributed by atoms with Gasteiger partial charge in [0, 0.05) is 41.7 Å². The summed E-state index contributed by atoms with van der Waals surface area (Å²) < 4.78 is 38.3. The summed E-state index contributed by atoms with van der Waals surface area (Å²) in [6.07, 6.45) is -3.86. The van der Waals surface area contributed by atoms with Crippen LogP contribution in [0, 0.1) is 0 Å². The Kier molecular flexibility index (Phi) is 5.61. The maximum atomic E-state index is 12.8. The SMILES string of the molecule is O=c1[nH]c(-c2ccc(C(F)(F)F)cc2)nc2c1CN(Cc1ccc(Cl)cc1Cl)CC2. The van der Waals surface area contributed by atoms with Crippen LogP contribution in [0.2, 0.25) is 10.0 Å². The Morgan fingerprint density at radius 2 is 1.83 bits per heavy atom. The maximum Gasteiger partial charge on any atom is 0.416 e. The van der Waals surface area contributed by atoms with E-state index in [2.05, 4.69) is 14.9 Å². The Labute approximate surface area is 180 Å². The lowest BCUT2D eigenvalue weighted by atomic mass is 10.0. The fourth-order valence-electron chi connectivity index (χ4n) is 3.46. The molecule has 9 heteroatoms. The van der Waals surface area contributed by atoms with E-state index in [9.17, 15) is 18.0 Å². The Hall–Kier alpha value is -2.35. The van der Waals surface area contributed by atoms with E-state index in [1.54, 1.807) is 12.1 Å². The van der Waals surface area contributed by atoms with Gasteiger partial charge in [-0.1, -0.05) is 41.4 Å². The van der Waals surface area contributed by atoms with Gasteiger partial charge < -0.3 is 4.98 Å². The molecule has 156 valence electrons. The van der Waals surface area contributed by atoms with Gasteiger partial charge in [-0.2, -0.15) is 13.2 Å². The molecule has 2 aromatic carbocycles. The second-order valence-electron chi connectivity index (χ2n) is 7.11. The third-order valence-corrected chi connectivity index (χ3v) is 5.63. The predicted molar refractivity (Wildman–Crippen MR) is 110 cm³/mol. The topological polar surface area (TPSA) is 49.0 Å². The fourth-order valence-corrected chi connectivity index (χ4v) is 3.93. The second-order valence-corrected chi connectivity index (χ2v) is 7.95. The molecule has 1 aromatic heterocycles. The Bertz CT molecular complexity index is 1140. The van der Waals surface area contributed by atoms with Crippen molar-refractivity contribution >= 4 is 23.2 Å². The van der Waals surface area contributed by atoms with Crippen molar-refractivity contribution in [3.8, 4) is 11.4 Å². The van der Waals surface area contributed by atoms with E-state index in [-0.39, 0.29) is 11.4 Å². The van der Waals surface area contributed by atoms with Crippen molar-refractivity contribution in [2.24, 2.45) is 0 Å². The van der Waals surface area contributed by atoms with Crippen molar-refractivity contribution in [3.63, 3.8) is 0 Å². The fraction of sp³-hybridized carbons (Fsp3) is 0.238. The van der Waals surface area contributed by atoms with E-state index in [4.69, 9.17) is 23.2 Å². The molecule has 0 fully saturated rings. The number of nitrogens with one attached hydrogen (secondary N) is 1. The van der Waals surface area contributed by atoms with Gasteiger partial charge in [-0.05, 0) is 29.8 Å². The van der Waals surface area contributed by atoms with E-state index in [0.29, 0.717) is 52.9 Å². The number of aromatic nitrogens is 2. The summed E-state index contributed by atoms with van der Waals surface area (Å²) in [7, 11) is 0. The van der Waals surface area contributed by atoms with E-state index >= 15 is 0 Å². The minimum absolute atomic E-state index is 0.265. The number of halogens is 5. The van der Waals surface area contributed by atoms with Gasteiger partial charge in [-0.15, -0.1) is 0 Å². The van der Waals surface area contributed by atoms with Crippen LogP contribution in [0.1, 0.15) is 22.4 Å². The monoisotopic (exact) mass is 453 g/mol. The molecule has 0 unspecified atom stereocenters. The Balaban J connectivity index is 1.56. The van der Waals surface area contributed by atoms with Gasteiger partial charge in [0.25, 0.3) is 5.56 Å². The normalized spacial score (nSPS) is 14.6. The van der Waals surface area contributed by atoms with Gasteiger partial charge in [0.2, 0.25) is 0 Å². The number of H-pyrrole nitrogens is 1. The van der Waals surface area contributed by atoms with Crippen LogP contribution in [0.25, 0.3) is 11.4 Å². The first-order valence-corrected chi connectivity index (χ1v) is 9.92. The molecule has 2 heterocycles. The number of hydrogen-bond acceptors (Lipinski definition) is 3. The summed E-state index contributed by atoms with van der Waals surface area (Å²) in [5.41, 5.74) is 1.52. The molecule has 4 nitrogen and oxygen atoms in total. The highest BCUT2D eigenvalue weighted by Crippen LogP contribution is 2.30. The Morgan fingerprint density at radius 3 is 2.50 bits per heavy atom. The molecular weight excluding hydrogens is 438 g/mol. The van der Waals surface area contributed by atoms with Crippen LogP contribution in [-0.4, -0.2) is 21.4 Å². The molecule has 0 spiro atoms. The maximum absolute atomic E-state index is 12.8. The minimum Gasteiger partial charge on any atom is -0.306 e. The zero-order valence-electron chi connectivity index (χ0n) is 15.6. The zero-order valence-corrected chi connectivity index (χ0v) is 17.1. The standard InChI is InChI=1S/C21H16Cl2F3N3O/c22-15-6-3-13(17(23)9-15)10-29-8-7-18-16(11-29)20(30)28-19(27-18)12-1-4-14(5-2-12)21(24,25)26/h1-6,9H,7-8,10-11H2,(H,27,28,30). The average molecular weight is 454 g/mol. The largest absolute Gasteiger partial charge is 0.416 e. The van der Waals surface area contributed by atoms with Crippen molar-refractivity contribution in [2.45, 2.75) is 25.7 Å². The first-order chi connectivity index (χ1) is 14.2. The molecule has 0 aliphatic carbocycles. The highest BCUT2D eigenvalue weighted by Gasteiger charge is 2.30. The molecular formula is C21H16Cl2F3N3O. The molecule has 30 heavy (non-hydrogen) atoms. The van der Waals surface area contributed by atoms with Crippen LogP contribution in [0.3, 0.4) is 0 Å². The summed E-state index contributed by atoms with van der Waals surface area (Å²) in [5, 5.41) is 1.13. The molecule has 0 saturated carbocycles. The van der Waals surface area contributed by atoms with Crippen molar-refractivity contribution in [1.29, 1.82) is 0 Å². The molecule has 0 radical (unpaired) electrons. The third-order valence-electron chi connectivity index (χ3n) is 5.04. The van der Waals surface area contributed by atoms with Gasteiger partial charge >= 0.3 is 6.18 Å². The molecule has 3 aromatic rings. The number of fused-ring (bicyclic) bond motifs is 1. The van der Waals surface area contributed by atoms with Gasteiger partial charge in [-0.25, -0.2) is 4.98 Å². The van der Waals surface area contributed by atoms with Crippen molar-refractivity contribution in [3.05, 3.63) is 85.2 Å². The van der Waals surface area contributed by atoms with Crippen molar-refractivity contribution in [2.75, 3.05) is 6.54 Å². The minimum atomic E-state index is -4.41. The summed E-state index contributed by atoms with van der Waals surface area (Å²) in [6.45, 7) is 1.65. The second kappa shape index (κ2) is 8.06. The molecule has 4 rings (SSSR count). The molecule has 1 aliphatic rings. The van der Waals surface area contributed by atoms with Crippen LogP contribution < -0.4 is 5.56 Å². The molecule has 0 amide bonds. The van der Waals surface area contributed by atoms with Gasteiger partial charge in [0.15, 0.2) is 0 Å².